The summed E-state index contributed by atoms with van der Waals surface area (Å²) in [6.07, 6.45) is 0. The number of nitrogens with one attached hydrogen (secondary N) is 2. The summed E-state index contributed by atoms with van der Waals surface area (Å²) in [6.45, 7) is 5.39. The molecule has 140 valence electrons. The van der Waals surface area contributed by atoms with Crippen LogP contribution in [0.15, 0.2) is 47.4 Å². The molecule has 0 saturated heterocycles. The molecule has 26 heavy (non-hydrogen) atoms. The standard InChI is InChI=1S/C18H21ClN2O4S/c1-12(2)20-18(22)11-25-17-9-8-15(10-16(17)19)26(23,24)21-14-6-4-13(3)5-7-14/h4-10,12,21H,11H2,1-3H3,(H,20,22). The lowest BCUT2D eigenvalue weighted by Crippen LogP contribution is -2.34. The Hall–Kier alpha value is -2.25. The highest BCUT2D eigenvalue weighted by Crippen LogP contribution is 2.28. The second-order valence-corrected chi connectivity index (χ2v) is 8.16. The lowest BCUT2D eigenvalue weighted by atomic mass is 10.2. The molecule has 0 aliphatic rings. The topological polar surface area (TPSA) is 84.5 Å². The van der Waals surface area contributed by atoms with Gasteiger partial charge in [0.25, 0.3) is 15.9 Å². The van der Waals surface area contributed by atoms with Gasteiger partial charge in [0.2, 0.25) is 0 Å². The molecule has 0 aliphatic heterocycles. The minimum absolute atomic E-state index is 0.00180. The van der Waals surface area contributed by atoms with Gasteiger partial charge in [0.05, 0.1) is 9.92 Å². The SMILES string of the molecule is Cc1ccc(NS(=O)(=O)c2ccc(OCC(=O)NC(C)C)c(Cl)c2)cc1. The predicted molar refractivity (Wildman–Crippen MR) is 102 cm³/mol. The van der Waals surface area contributed by atoms with Crippen LogP contribution < -0.4 is 14.8 Å². The number of amides is 1. The molecule has 0 heterocycles. The van der Waals surface area contributed by atoms with Crippen molar-refractivity contribution in [3.63, 3.8) is 0 Å². The molecule has 2 aromatic carbocycles. The molecule has 8 heteroatoms. The molecule has 0 fully saturated rings. The molecule has 2 aromatic rings. The summed E-state index contributed by atoms with van der Waals surface area (Å²) in [7, 11) is -3.78. The van der Waals surface area contributed by atoms with E-state index in [-0.39, 0.29) is 34.2 Å². The molecule has 0 aromatic heterocycles. The van der Waals surface area contributed by atoms with Crippen LogP contribution in [0, 0.1) is 6.92 Å². The molecule has 2 rings (SSSR count). The zero-order chi connectivity index (χ0) is 19.3. The fourth-order valence-electron chi connectivity index (χ4n) is 2.11. The van der Waals surface area contributed by atoms with Crippen LogP contribution in [0.3, 0.4) is 0 Å². The minimum atomic E-state index is -3.78. The zero-order valence-corrected chi connectivity index (χ0v) is 16.3. The summed E-state index contributed by atoms with van der Waals surface area (Å²) >= 11 is 6.10. The molecule has 0 spiro atoms. The van der Waals surface area contributed by atoms with Crippen molar-refractivity contribution in [2.24, 2.45) is 0 Å². The normalized spacial score (nSPS) is 11.3. The Kier molecular flexibility index (Phi) is 6.50. The third-order valence-corrected chi connectivity index (χ3v) is 5.00. The van der Waals surface area contributed by atoms with E-state index in [0.717, 1.165) is 5.56 Å². The Morgan fingerprint density at radius 3 is 2.38 bits per heavy atom. The Morgan fingerprint density at radius 2 is 1.81 bits per heavy atom. The maximum absolute atomic E-state index is 12.5. The summed E-state index contributed by atoms with van der Waals surface area (Å²) in [4.78, 5) is 11.6. The first-order valence-electron chi connectivity index (χ1n) is 7.98. The largest absolute Gasteiger partial charge is 0.482 e. The van der Waals surface area contributed by atoms with Gasteiger partial charge in [-0.2, -0.15) is 0 Å². The van der Waals surface area contributed by atoms with Crippen LogP contribution in [-0.2, 0) is 14.8 Å². The predicted octanol–water partition coefficient (Wildman–Crippen LogP) is 3.35. The van der Waals surface area contributed by atoms with E-state index in [0.29, 0.717) is 5.69 Å². The van der Waals surface area contributed by atoms with Gasteiger partial charge in [-0.1, -0.05) is 29.3 Å². The number of carbonyl (C=O) groups excluding carboxylic acids is 1. The van der Waals surface area contributed by atoms with Gasteiger partial charge in [0, 0.05) is 11.7 Å². The van der Waals surface area contributed by atoms with Gasteiger partial charge in [-0.3, -0.25) is 9.52 Å². The second kappa shape index (κ2) is 8.42. The fourth-order valence-corrected chi connectivity index (χ4v) is 3.49. The number of aryl methyl sites for hydroxylation is 1. The van der Waals surface area contributed by atoms with E-state index in [2.05, 4.69) is 10.0 Å². The molecule has 2 N–H and O–H groups in total. The van der Waals surface area contributed by atoms with Crippen molar-refractivity contribution in [3.8, 4) is 5.75 Å². The lowest BCUT2D eigenvalue weighted by Gasteiger charge is -2.12. The molecular weight excluding hydrogens is 376 g/mol. The van der Waals surface area contributed by atoms with Gasteiger partial charge in [-0.05, 0) is 51.1 Å². The van der Waals surface area contributed by atoms with Gasteiger partial charge in [-0.25, -0.2) is 8.42 Å². The van der Waals surface area contributed by atoms with Gasteiger partial charge < -0.3 is 10.1 Å². The minimum Gasteiger partial charge on any atom is -0.482 e. The van der Waals surface area contributed by atoms with Gasteiger partial charge >= 0.3 is 0 Å². The Morgan fingerprint density at radius 1 is 1.15 bits per heavy atom. The van der Waals surface area contributed by atoms with Crippen LogP contribution in [0.2, 0.25) is 5.02 Å². The van der Waals surface area contributed by atoms with Crippen molar-refractivity contribution in [1.29, 1.82) is 0 Å². The molecule has 0 aliphatic carbocycles. The van der Waals surface area contributed by atoms with E-state index in [1.165, 1.54) is 18.2 Å². The molecule has 0 unspecified atom stereocenters. The van der Waals surface area contributed by atoms with Crippen molar-refractivity contribution in [2.45, 2.75) is 31.7 Å². The third kappa shape index (κ3) is 5.64. The summed E-state index contributed by atoms with van der Waals surface area (Å²) < 4.78 is 32.8. The van der Waals surface area contributed by atoms with Crippen LogP contribution in [0.1, 0.15) is 19.4 Å². The van der Waals surface area contributed by atoms with Crippen LogP contribution in [-0.4, -0.2) is 27.0 Å². The van der Waals surface area contributed by atoms with Gasteiger partial charge in [0.15, 0.2) is 6.61 Å². The van der Waals surface area contributed by atoms with E-state index < -0.39 is 10.0 Å². The summed E-state index contributed by atoms with van der Waals surface area (Å²) in [5, 5.41) is 2.79. The second-order valence-electron chi connectivity index (χ2n) is 6.07. The molecule has 1 amide bonds. The number of anilines is 1. The zero-order valence-electron chi connectivity index (χ0n) is 14.7. The van der Waals surface area contributed by atoms with Crippen molar-refractivity contribution >= 4 is 33.2 Å². The highest BCUT2D eigenvalue weighted by atomic mass is 35.5. The van der Waals surface area contributed by atoms with Crippen LogP contribution in [0.4, 0.5) is 5.69 Å². The number of hydrogen-bond acceptors (Lipinski definition) is 4. The summed E-state index contributed by atoms with van der Waals surface area (Å²) in [6, 6.07) is 11.1. The van der Waals surface area contributed by atoms with Crippen molar-refractivity contribution in [1.82, 2.24) is 5.32 Å². The molecule has 0 radical (unpaired) electrons. The molecule has 0 saturated carbocycles. The van der Waals surface area contributed by atoms with E-state index in [1.54, 1.807) is 12.1 Å². The van der Waals surface area contributed by atoms with E-state index in [4.69, 9.17) is 16.3 Å². The van der Waals surface area contributed by atoms with Crippen molar-refractivity contribution in [2.75, 3.05) is 11.3 Å². The van der Waals surface area contributed by atoms with E-state index in [9.17, 15) is 13.2 Å². The summed E-state index contributed by atoms with van der Waals surface area (Å²) in [5.41, 5.74) is 1.48. The number of halogens is 1. The maximum Gasteiger partial charge on any atom is 0.261 e. The number of carbonyl (C=O) groups is 1. The fraction of sp³-hybridized carbons (Fsp3) is 0.278. The quantitative estimate of drug-likeness (QED) is 0.751. The smallest absolute Gasteiger partial charge is 0.261 e. The Balaban J connectivity index is 2.09. The van der Waals surface area contributed by atoms with Gasteiger partial charge in [-0.15, -0.1) is 0 Å². The highest BCUT2D eigenvalue weighted by Gasteiger charge is 2.17. The van der Waals surface area contributed by atoms with Crippen molar-refractivity contribution < 1.29 is 17.9 Å². The number of hydrogen-bond donors (Lipinski definition) is 2. The van der Waals surface area contributed by atoms with Crippen LogP contribution in [0.25, 0.3) is 0 Å². The van der Waals surface area contributed by atoms with Crippen molar-refractivity contribution in [3.05, 3.63) is 53.1 Å². The first kappa shape index (κ1) is 20.1. The first-order valence-corrected chi connectivity index (χ1v) is 9.84. The average molecular weight is 397 g/mol. The highest BCUT2D eigenvalue weighted by molar-refractivity contribution is 7.92. The van der Waals surface area contributed by atoms with Crippen LogP contribution in [0.5, 0.6) is 5.75 Å². The monoisotopic (exact) mass is 396 g/mol. The molecule has 0 bridgehead atoms. The Bertz CT molecular complexity index is 881. The van der Waals surface area contributed by atoms with Gasteiger partial charge in [0.1, 0.15) is 5.75 Å². The first-order chi connectivity index (χ1) is 12.2. The number of benzene rings is 2. The lowest BCUT2D eigenvalue weighted by molar-refractivity contribution is -0.123. The number of rotatable bonds is 7. The van der Waals surface area contributed by atoms with Crippen LogP contribution >= 0.6 is 11.6 Å². The number of ether oxygens (including phenoxy) is 1. The van der Waals surface area contributed by atoms with E-state index in [1.807, 2.05) is 32.9 Å². The maximum atomic E-state index is 12.5. The third-order valence-electron chi connectivity index (χ3n) is 3.33. The Labute approximate surface area is 158 Å². The average Bonchev–Trinajstić information content (AvgIpc) is 2.55. The summed E-state index contributed by atoms with van der Waals surface area (Å²) in [5.74, 6) is -0.0475. The number of sulfonamides is 1. The molecule has 0 atom stereocenters. The molecular formula is C18H21ClN2O4S. The molecule has 6 nitrogen and oxygen atoms in total. The van der Waals surface area contributed by atoms with E-state index >= 15 is 0 Å².